The summed E-state index contributed by atoms with van der Waals surface area (Å²) in [5, 5.41) is 3.04. The van der Waals surface area contributed by atoms with Gasteiger partial charge in [0.1, 0.15) is 0 Å². The van der Waals surface area contributed by atoms with Crippen molar-refractivity contribution in [3.63, 3.8) is 0 Å². The Bertz CT molecular complexity index is 557. The first-order valence-corrected chi connectivity index (χ1v) is 21.5. The largest absolute Gasteiger partial charge is 0.462 e. The van der Waals surface area contributed by atoms with Crippen molar-refractivity contribution >= 4 is 39.9 Å². The summed E-state index contributed by atoms with van der Waals surface area (Å²) in [7, 11) is 0.619. The average molecular weight is 505 g/mol. The Labute approximate surface area is 196 Å². The predicted molar refractivity (Wildman–Crippen MR) is 137 cm³/mol. The first kappa shape index (κ1) is 30.9. The van der Waals surface area contributed by atoms with Gasteiger partial charge in [0.25, 0.3) is 17.4 Å². The van der Waals surface area contributed by atoms with E-state index < -0.39 is 34.0 Å². The zero-order chi connectivity index (χ0) is 24.1. The quantitative estimate of drug-likeness (QED) is 0.127. The summed E-state index contributed by atoms with van der Waals surface area (Å²) in [6, 6.07) is 2.20. The number of nitrogens with zero attached hydrogens (tertiary/aromatic N) is 1. The summed E-state index contributed by atoms with van der Waals surface area (Å²) in [5.74, 6) is 0.103. The van der Waals surface area contributed by atoms with Crippen LogP contribution in [0.1, 0.15) is 46.0 Å². The maximum Gasteiger partial charge on any atom is 0.275 e. The molecule has 0 atom stereocenters. The van der Waals surface area contributed by atoms with Crippen LogP contribution < -0.4 is 5.32 Å². The standard InChI is InChI=1S/C21H48N2O4Si4/c1-9-28(25)19-31(20-29(26)10-2,27-30(6,7)8)18-14-16-22-21(24)15-12-11-13-17-23(3,4)5/h3,9-20H2,1-2,4-8H3,(H,22,24). The number of carbonyl (C=O) groups excluding carboxylic acids is 1. The summed E-state index contributed by atoms with van der Waals surface area (Å²) in [6.45, 7) is 12.1. The van der Waals surface area contributed by atoms with Crippen LogP contribution in [0, 0.1) is 7.05 Å². The minimum atomic E-state index is -2.36. The van der Waals surface area contributed by atoms with E-state index >= 15 is 0 Å². The molecule has 0 unspecified atom stereocenters. The highest BCUT2D eigenvalue weighted by atomic mass is 28.5. The molecule has 0 aliphatic carbocycles. The molecule has 6 nitrogen and oxygen atoms in total. The fraction of sp³-hybridized carbons (Fsp3) is 0.905. The Kier molecular flexibility index (Phi) is 14.8. The summed E-state index contributed by atoms with van der Waals surface area (Å²) in [4.78, 5) is 12.2. The molecule has 0 heterocycles. The van der Waals surface area contributed by atoms with Crippen molar-refractivity contribution in [2.24, 2.45) is 0 Å². The summed E-state index contributed by atoms with van der Waals surface area (Å²) >= 11 is 0. The van der Waals surface area contributed by atoms with Gasteiger partial charge in [-0.2, -0.15) is 0 Å². The number of amides is 1. The lowest BCUT2D eigenvalue weighted by atomic mass is 10.2. The van der Waals surface area contributed by atoms with Crippen molar-refractivity contribution in [2.75, 3.05) is 27.2 Å². The fourth-order valence-corrected chi connectivity index (χ4v) is 22.8. The van der Waals surface area contributed by atoms with E-state index in [0.717, 1.165) is 38.3 Å². The lowest BCUT2D eigenvalue weighted by Gasteiger charge is -2.37. The molecular formula is C21H48N2O4Si4. The number of hydrogen-bond acceptors (Lipinski definition) is 4. The van der Waals surface area contributed by atoms with Gasteiger partial charge in [0.05, 0.1) is 6.54 Å². The van der Waals surface area contributed by atoms with Crippen LogP contribution in [0.4, 0.5) is 0 Å². The molecule has 0 spiro atoms. The lowest BCUT2D eigenvalue weighted by molar-refractivity contribution is -0.845. The fourth-order valence-electron chi connectivity index (χ4n) is 3.71. The van der Waals surface area contributed by atoms with Gasteiger partial charge >= 0.3 is 0 Å². The van der Waals surface area contributed by atoms with Crippen molar-refractivity contribution in [2.45, 2.75) is 95.1 Å². The number of quaternary nitrogens is 1. The molecule has 1 amide bonds. The molecule has 0 rings (SSSR count). The maximum atomic E-state index is 12.5. The Morgan fingerprint density at radius 1 is 0.968 bits per heavy atom. The highest BCUT2D eigenvalue weighted by Crippen LogP contribution is 2.29. The van der Waals surface area contributed by atoms with Crippen LogP contribution in [0.25, 0.3) is 0 Å². The third kappa shape index (κ3) is 17.1. The van der Waals surface area contributed by atoms with Crippen molar-refractivity contribution in [3.05, 3.63) is 7.05 Å². The Balaban J connectivity index is 4.71. The first-order chi connectivity index (χ1) is 14.2. The highest BCUT2D eigenvalue weighted by Gasteiger charge is 2.42. The van der Waals surface area contributed by atoms with Crippen LogP contribution in [0.2, 0.25) is 49.1 Å². The molecule has 0 aliphatic rings. The monoisotopic (exact) mass is 504 g/mol. The second-order valence-electron chi connectivity index (χ2n) is 10.5. The molecule has 0 saturated carbocycles. The second kappa shape index (κ2) is 14.9. The van der Waals surface area contributed by atoms with Crippen molar-refractivity contribution in [3.8, 4) is 0 Å². The number of unbranched alkanes of at least 4 members (excludes halogenated alkanes) is 2. The molecular weight excluding hydrogens is 457 g/mol. The minimum absolute atomic E-state index is 0.103. The molecule has 0 fully saturated rings. The van der Waals surface area contributed by atoms with Crippen molar-refractivity contribution in [1.29, 1.82) is 0 Å². The predicted octanol–water partition coefficient (Wildman–Crippen LogP) is 4.68. The lowest BCUT2D eigenvalue weighted by Crippen LogP contribution is -2.50. The molecule has 0 bridgehead atoms. The van der Waals surface area contributed by atoms with Crippen molar-refractivity contribution < 1.29 is 22.3 Å². The number of rotatable bonds is 18. The van der Waals surface area contributed by atoms with Gasteiger partial charge in [-0.15, -0.1) is 7.05 Å². The summed E-state index contributed by atoms with van der Waals surface area (Å²) < 4.78 is 32.5. The van der Waals surface area contributed by atoms with E-state index in [1.807, 2.05) is 13.8 Å². The highest BCUT2D eigenvalue weighted by molar-refractivity contribution is 6.94. The third-order valence-corrected chi connectivity index (χ3v) is 20.5. The van der Waals surface area contributed by atoms with E-state index in [-0.39, 0.29) is 5.91 Å². The first-order valence-electron chi connectivity index (χ1n) is 11.9. The van der Waals surface area contributed by atoms with E-state index in [4.69, 9.17) is 4.12 Å². The van der Waals surface area contributed by atoms with Gasteiger partial charge in [0.2, 0.25) is 5.91 Å². The summed E-state index contributed by atoms with van der Waals surface area (Å²) in [6.07, 6.45) is 4.40. The van der Waals surface area contributed by atoms with E-state index in [0.29, 0.717) is 40.9 Å². The number of hydrogen-bond donors (Lipinski definition) is 1. The van der Waals surface area contributed by atoms with E-state index in [1.165, 1.54) is 0 Å². The molecule has 1 N–H and O–H groups in total. The molecule has 0 aromatic heterocycles. The van der Waals surface area contributed by atoms with Gasteiger partial charge in [0.15, 0.2) is 16.6 Å². The third-order valence-electron chi connectivity index (χ3n) is 5.15. The molecule has 31 heavy (non-hydrogen) atoms. The van der Waals surface area contributed by atoms with E-state index in [9.17, 15) is 13.7 Å². The van der Waals surface area contributed by atoms with Gasteiger partial charge < -0.3 is 22.8 Å². The van der Waals surface area contributed by atoms with Crippen LogP contribution in [0.5, 0.6) is 0 Å². The van der Waals surface area contributed by atoms with Crippen LogP contribution >= 0.6 is 0 Å². The van der Waals surface area contributed by atoms with Crippen LogP contribution in [-0.2, 0) is 17.8 Å². The number of carbonyl (C=O) groups is 1. The van der Waals surface area contributed by atoms with Gasteiger partial charge in [-0.3, -0.25) is 4.79 Å². The zero-order valence-electron chi connectivity index (χ0n) is 21.3. The van der Waals surface area contributed by atoms with Crippen LogP contribution in [-0.4, -0.2) is 71.6 Å². The maximum absolute atomic E-state index is 12.5. The van der Waals surface area contributed by atoms with Gasteiger partial charge in [-0.25, -0.2) is 0 Å². The summed E-state index contributed by atoms with van der Waals surface area (Å²) in [5.41, 5.74) is 1.29. The molecule has 0 saturated heterocycles. The Morgan fingerprint density at radius 3 is 1.97 bits per heavy atom. The van der Waals surface area contributed by atoms with Crippen LogP contribution in [0.3, 0.4) is 0 Å². The topological polar surface area (TPSA) is 72.5 Å². The molecule has 0 aromatic rings. The van der Waals surface area contributed by atoms with Gasteiger partial charge in [0, 0.05) is 38.4 Å². The molecule has 0 aromatic carbocycles. The second-order valence-corrected chi connectivity index (χ2v) is 24.8. The van der Waals surface area contributed by atoms with Crippen molar-refractivity contribution in [1.82, 2.24) is 5.32 Å². The molecule has 0 aliphatic heterocycles. The Hall–Kier alpha value is -0.142. The molecule has 182 valence electrons. The van der Waals surface area contributed by atoms with E-state index in [1.54, 1.807) is 0 Å². The van der Waals surface area contributed by atoms with Crippen LogP contribution in [0.15, 0.2) is 0 Å². The van der Waals surface area contributed by atoms with Gasteiger partial charge in [-0.05, 0) is 63.5 Å². The number of nitrogens with one attached hydrogen (secondary N) is 1. The SMILES string of the molecule is [CH2-][N+](C)(C)CCCCCC(=O)NCCC[Si](C[Si](=O)CC)(C[Si](=O)CC)O[Si](C)(C)C. The zero-order valence-corrected chi connectivity index (χ0v) is 25.3. The van der Waals surface area contributed by atoms with E-state index in [2.05, 4.69) is 46.1 Å². The average Bonchev–Trinajstić information content (AvgIpc) is 2.62. The minimum Gasteiger partial charge on any atom is -0.462 e. The molecule has 10 heteroatoms. The smallest absolute Gasteiger partial charge is 0.275 e. The normalized spacial score (nSPS) is 12.6. The molecule has 0 radical (unpaired) electrons. The Morgan fingerprint density at radius 2 is 1.52 bits per heavy atom. The van der Waals surface area contributed by atoms with Gasteiger partial charge in [-0.1, -0.05) is 13.8 Å².